The molecule has 0 spiro atoms. The number of hydrogen-bond acceptors (Lipinski definition) is 2. The Morgan fingerprint density at radius 1 is 0.260 bits per heavy atom. The summed E-state index contributed by atoms with van der Waals surface area (Å²) >= 11 is 0. The van der Waals surface area contributed by atoms with Gasteiger partial charge in [0.05, 0.1) is 0 Å². The quantitative estimate of drug-likeness (QED) is 0.153. The minimum absolute atomic E-state index is 0.0199. The van der Waals surface area contributed by atoms with Crippen LogP contribution in [-0.2, 0) is 21.7 Å². The van der Waals surface area contributed by atoms with Crippen LogP contribution >= 0.6 is 0 Å². The van der Waals surface area contributed by atoms with Crippen molar-refractivity contribution in [2.24, 2.45) is 0 Å². The summed E-state index contributed by atoms with van der Waals surface area (Å²) in [5, 5.41) is 0. The van der Waals surface area contributed by atoms with E-state index >= 15 is 0 Å². The first kappa shape index (κ1) is 47.9. The molecule has 2 nitrogen and oxygen atoms in total. The fraction of sp³-hybridized carbons (Fsp3) is 0.229. The molecule has 11 rings (SSSR count). The molecule has 73 heavy (non-hydrogen) atoms. The summed E-state index contributed by atoms with van der Waals surface area (Å²) in [6, 6.07) is 76.0. The van der Waals surface area contributed by atoms with Crippen molar-refractivity contribution in [1.29, 1.82) is 0 Å². The summed E-state index contributed by atoms with van der Waals surface area (Å²) in [5.74, 6) is 0. The Kier molecular flexibility index (Phi) is 11.6. The maximum atomic E-state index is 2.61. The molecule has 2 heterocycles. The van der Waals surface area contributed by atoms with E-state index in [2.05, 4.69) is 293 Å². The third kappa shape index (κ3) is 8.92. The van der Waals surface area contributed by atoms with E-state index in [1.165, 1.54) is 117 Å². The Morgan fingerprint density at radius 3 is 0.863 bits per heavy atom. The van der Waals surface area contributed by atoms with E-state index in [4.69, 9.17) is 0 Å². The van der Waals surface area contributed by atoms with Crippen LogP contribution in [0.3, 0.4) is 0 Å². The van der Waals surface area contributed by atoms with Crippen LogP contribution < -0.4 is 26.2 Å². The predicted octanol–water partition coefficient (Wildman–Crippen LogP) is 17.6. The van der Waals surface area contributed by atoms with Crippen molar-refractivity contribution in [3.63, 3.8) is 0 Å². The van der Waals surface area contributed by atoms with Crippen LogP contribution in [0.5, 0.6) is 0 Å². The molecule has 362 valence electrons. The summed E-state index contributed by atoms with van der Waals surface area (Å²) in [6.07, 6.45) is 0. The molecule has 0 fully saturated rings. The van der Waals surface area contributed by atoms with Gasteiger partial charge < -0.3 is 9.80 Å². The van der Waals surface area contributed by atoms with Gasteiger partial charge in [0.2, 0.25) is 0 Å². The Balaban J connectivity index is 1.18. The molecule has 0 unspecified atom stereocenters. The lowest BCUT2D eigenvalue weighted by molar-refractivity contribution is 0.568. The van der Waals surface area contributed by atoms with Crippen LogP contribution in [-0.4, -0.2) is 6.71 Å². The average molecular weight is 949 g/mol. The molecule has 0 aromatic heterocycles. The highest BCUT2D eigenvalue weighted by molar-refractivity contribution is 7.00. The number of fused-ring (bicyclic) bond motifs is 4. The van der Waals surface area contributed by atoms with Crippen LogP contribution in [0.2, 0.25) is 0 Å². The Hall–Kier alpha value is -7.36. The molecule has 2 aliphatic heterocycles. The van der Waals surface area contributed by atoms with Gasteiger partial charge in [-0.05, 0) is 153 Å². The van der Waals surface area contributed by atoms with Gasteiger partial charge in [-0.15, -0.1) is 0 Å². The highest BCUT2D eigenvalue weighted by Gasteiger charge is 2.44. The van der Waals surface area contributed by atoms with Gasteiger partial charge >= 0.3 is 0 Å². The Bertz CT molecular complexity index is 3230. The van der Waals surface area contributed by atoms with E-state index in [-0.39, 0.29) is 28.4 Å². The fourth-order valence-corrected chi connectivity index (χ4v) is 11.0. The van der Waals surface area contributed by atoms with E-state index in [0.29, 0.717) is 0 Å². The van der Waals surface area contributed by atoms with Gasteiger partial charge in [-0.2, -0.15) is 0 Å². The van der Waals surface area contributed by atoms with Crippen molar-refractivity contribution >= 4 is 57.2 Å². The summed E-state index contributed by atoms with van der Waals surface area (Å²) < 4.78 is 0. The molecule has 0 saturated heterocycles. The lowest BCUT2D eigenvalue weighted by Crippen LogP contribution is -2.61. The van der Waals surface area contributed by atoms with Crippen LogP contribution in [0.1, 0.15) is 105 Å². The maximum Gasteiger partial charge on any atom is 0.252 e. The predicted molar refractivity (Wildman–Crippen MR) is 317 cm³/mol. The fourth-order valence-electron chi connectivity index (χ4n) is 11.0. The normalized spacial score (nSPS) is 13.4. The second-order valence-corrected chi connectivity index (χ2v) is 24.8. The van der Waals surface area contributed by atoms with Gasteiger partial charge in [0.15, 0.2) is 0 Å². The molecule has 0 radical (unpaired) electrons. The molecule has 0 aliphatic carbocycles. The molecule has 0 atom stereocenters. The minimum Gasteiger partial charge on any atom is -0.311 e. The van der Waals surface area contributed by atoms with Gasteiger partial charge in [0.25, 0.3) is 6.71 Å². The second-order valence-electron chi connectivity index (χ2n) is 24.8. The molecule has 0 amide bonds. The van der Waals surface area contributed by atoms with Gasteiger partial charge in [0, 0.05) is 34.1 Å². The summed E-state index contributed by atoms with van der Waals surface area (Å²) in [6.45, 7) is 28.1. The first-order valence-corrected chi connectivity index (χ1v) is 26.4. The van der Waals surface area contributed by atoms with Crippen molar-refractivity contribution in [2.45, 2.75) is 105 Å². The molecule has 9 aromatic carbocycles. The zero-order valence-corrected chi connectivity index (χ0v) is 45.0. The SMILES string of the molecule is CC(C)(C)c1cc(N2c3cc(-c4ccc(-c5ccccc5)cc4)ccc3B3c4ccc(-c5ccc(-c6ccccc6)cc5)cc4N(c4cc(C(C)(C)C)cc(C(C)(C)C)c4)c4cccc2c43)cc(C(C)(C)C)c1. The summed E-state index contributed by atoms with van der Waals surface area (Å²) in [7, 11) is 0. The Morgan fingerprint density at radius 2 is 0.548 bits per heavy atom. The van der Waals surface area contributed by atoms with Gasteiger partial charge in [-0.1, -0.05) is 235 Å². The van der Waals surface area contributed by atoms with E-state index in [0.717, 1.165) is 0 Å². The zero-order chi connectivity index (χ0) is 51.2. The molecular formula is C70H69BN2. The standard InChI is InChI=1S/C70H69BN2/c1-67(2,3)54-40-55(68(4,5)6)43-58(42-54)72-62-24-19-25-63-66(62)71(60-36-34-52(38-64(60)72)50-30-26-48(27-31-50)46-20-15-13-16-21-46)61-37-35-53(51-32-28-49(29-33-51)47-22-17-14-18-23-47)39-65(61)73(63)59-44-56(69(7,8)9)41-57(45-59)70(10,11)12/h13-45H,1-12H3. The number of hydrogen-bond donors (Lipinski definition) is 0. The molecule has 0 bridgehead atoms. The van der Waals surface area contributed by atoms with Gasteiger partial charge in [-0.3, -0.25) is 0 Å². The first-order chi connectivity index (χ1) is 34.7. The molecular weight excluding hydrogens is 880 g/mol. The topological polar surface area (TPSA) is 6.48 Å². The lowest BCUT2D eigenvalue weighted by Gasteiger charge is -2.45. The Labute approximate surface area is 436 Å². The van der Waals surface area contributed by atoms with Crippen LogP contribution in [0.4, 0.5) is 34.1 Å². The smallest absolute Gasteiger partial charge is 0.252 e. The minimum atomic E-state index is -0.0617. The highest BCUT2D eigenvalue weighted by atomic mass is 15.2. The average Bonchev–Trinajstić information content (AvgIpc) is 3.37. The maximum absolute atomic E-state index is 2.61. The van der Waals surface area contributed by atoms with Crippen LogP contribution in [0.15, 0.2) is 200 Å². The van der Waals surface area contributed by atoms with Gasteiger partial charge in [0.1, 0.15) is 0 Å². The van der Waals surface area contributed by atoms with E-state index in [9.17, 15) is 0 Å². The van der Waals surface area contributed by atoms with Crippen molar-refractivity contribution in [3.05, 3.63) is 222 Å². The number of benzene rings is 9. The number of rotatable bonds is 6. The third-order valence-corrected chi connectivity index (χ3v) is 15.5. The monoisotopic (exact) mass is 949 g/mol. The molecule has 2 aliphatic rings. The summed E-state index contributed by atoms with van der Waals surface area (Å²) in [4.78, 5) is 5.21. The van der Waals surface area contributed by atoms with Crippen LogP contribution in [0, 0.1) is 0 Å². The van der Waals surface area contributed by atoms with E-state index in [1.807, 2.05) is 0 Å². The highest BCUT2D eigenvalue weighted by Crippen LogP contribution is 2.48. The van der Waals surface area contributed by atoms with Gasteiger partial charge in [-0.25, -0.2) is 0 Å². The number of anilines is 6. The van der Waals surface area contributed by atoms with E-state index < -0.39 is 0 Å². The van der Waals surface area contributed by atoms with Crippen LogP contribution in [0.25, 0.3) is 44.5 Å². The largest absolute Gasteiger partial charge is 0.311 e. The molecule has 0 saturated carbocycles. The second kappa shape index (κ2) is 17.7. The van der Waals surface area contributed by atoms with Crippen molar-refractivity contribution < 1.29 is 0 Å². The third-order valence-electron chi connectivity index (χ3n) is 15.5. The van der Waals surface area contributed by atoms with E-state index in [1.54, 1.807) is 0 Å². The lowest BCUT2D eigenvalue weighted by atomic mass is 9.33. The van der Waals surface area contributed by atoms with Crippen molar-refractivity contribution in [2.75, 3.05) is 9.80 Å². The molecule has 0 N–H and O–H groups in total. The first-order valence-electron chi connectivity index (χ1n) is 26.4. The number of nitrogens with zero attached hydrogens (tertiary/aromatic N) is 2. The van der Waals surface area contributed by atoms with Crippen molar-refractivity contribution in [1.82, 2.24) is 0 Å². The zero-order valence-electron chi connectivity index (χ0n) is 45.0. The molecule has 3 heteroatoms. The van der Waals surface area contributed by atoms with Crippen molar-refractivity contribution in [3.8, 4) is 44.5 Å². The summed E-state index contributed by atoms with van der Waals surface area (Å²) in [5.41, 5.74) is 26.0. The molecule has 9 aromatic rings.